The molecule has 3 aromatic rings. The Morgan fingerprint density at radius 1 is 1.05 bits per heavy atom. The summed E-state index contributed by atoms with van der Waals surface area (Å²) >= 11 is 0. The van der Waals surface area contributed by atoms with Gasteiger partial charge in [-0.15, -0.1) is 0 Å². The Morgan fingerprint density at radius 2 is 1.78 bits per heavy atom. The number of hydrogen-bond donors (Lipinski definition) is 1. The zero-order valence-electron chi connectivity index (χ0n) is 21.1. The summed E-state index contributed by atoms with van der Waals surface area (Å²) in [5.41, 5.74) is 0.312. The number of esters is 1. The molecule has 1 N–H and O–H groups in total. The fourth-order valence-corrected chi connectivity index (χ4v) is 3.71. The van der Waals surface area contributed by atoms with E-state index in [-0.39, 0.29) is 29.4 Å². The molecule has 0 amide bonds. The summed E-state index contributed by atoms with van der Waals surface area (Å²) < 4.78 is 36.4. The van der Waals surface area contributed by atoms with Crippen LogP contribution in [0.4, 0.5) is 4.39 Å². The maximum Gasteiger partial charge on any atom is 0.309 e. The number of pyridine rings is 1. The van der Waals surface area contributed by atoms with E-state index in [1.54, 1.807) is 45.0 Å². The number of ketones is 1. The van der Waals surface area contributed by atoms with Crippen molar-refractivity contribution in [1.82, 2.24) is 4.98 Å². The van der Waals surface area contributed by atoms with Gasteiger partial charge in [-0.25, -0.2) is 9.37 Å². The largest absolute Gasteiger partial charge is 0.503 e. The minimum absolute atomic E-state index is 0.104. The molecule has 196 valence electrons. The molecule has 9 heteroatoms. The second kappa shape index (κ2) is 12.7. The first-order valence-corrected chi connectivity index (χ1v) is 11.8. The SMILES string of the molecule is CCOc1cc(F)ccc1[C@@H](Oc1ccccc1)[C@H](C)OC(=O)[C@H](C)CC(=O)c1nccc(OC)c1O. The Morgan fingerprint density at radius 3 is 2.46 bits per heavy atom. The van der Waals surface area contributed by atoms with Gasteiger partial charge in [0.2, 0.25) is 0 Å². The molecule has 0 saturated heterocycles. The van der Waals surface area contributed by atoms with Crippen molar-refractivity contribution < 1.29 is 38.0 Å². The van der Waals surface area contributed by atoms with Gasteiger partial charge in [-0.2, -0.15) is 0 Å². The maximum absolute atomic E-state index is 13.9. The number of carbonyl (C=O) groups excluding carboxylic acids is 2. The molecule has 0 aliphatic heterocycles. The smallest absolute Gasteiger partial charge is 0.309 e. The van der Waals surface area contributed by atoms with Gasteiger partial charge in [0.15, 0.2) is 29.1 Å². The number of aromatic nitrogens is 1. The first kappa shape index (κ1) is 27.4. The van der Waals surface area contributed by atoms with Crippen LogP contribution in [0.1, 0.15) is 49.3 Å². The van der Waals surface area contributed by atoms with Gasteiger partial charge in [0, 0.05) is 30.3 Å². The van der Waals surface area contributed by atoms with Crippen molar-refractivity contribution in [3.05, 3.63) is 77.9 Å². The predicted molar refractivity (Wildman–Crippen MR) is 133 cm³/mol. The molecule has 0 bridgehead atoms. The van der Waals surface area contributed by atoms with Crippen molar-refractivity contribution in [3.63, 3.8) is 0 Å². The third kappa shape index (κ3) is 6.97. The highest BCUT2D eigenvalue weighted by molar-refractivity contribution is 5.99. The van der Waals surface area contributed by atoms with Crippen molar-refractivity contribution in [2.75, 3.05) is 13.7 Å². The number of ether oxygens (including phenoxy) is 4. The Kier molecular flexibility index (Phi) is 9.43. The number of hydrogen-bond acceptors (Lipinski definition) is 8. The van der Waals surface area contributed by atoms with Crippen molar-refractivity contribution >= 4 is 11.8 Å². The van der Waals surface area contributed by atoms with Gasteiger partial charge in [-0.1, -0.05) is 25.1 Å². The van der Waals surface area contributed by atoms with Crippen LogP contribution in [-0.4, -0.2) is 41.7 Å². The normalized spacial score (nSPS) is 13.2. The van der Waals surface area contributed by atoms with Crippen LogP contribution in [0.5, 0.6) is 23.0 Å². The van der Waals surface area contributed by atoms with Crippen LogP contribution in [-0.2, 0) is 9.53 Å². The minimum atomic E-state index is -0.848. The second-order valence-corrected chi connectivity index (χ2v) is 8.35. The van der Waals surface area contributed by atoms with Gasteiger partial charge in [-0.3, -0.25) is 9.59 Å². The van der Waals surface area contributed by atoms with Crippen LogP contribution in [0.2, 0.25) is 0 Å². The average molecular weight is 512 g/mol. The maximum atomic E-state index is 13.9. The fourth-order valence-electron chi connectivity index (χ4n) is 3.71. The van der Waals surface area contributed by atoms with Crippen LogP contribution in [0.25, 0.3) is 0 Å². The number of halogens is 1. The molecule has 0 saturated carbocycles. The highest BCUT2D eigenvalue weighted by Gasteiger charge is 2.31. The fraction of sp³-hybridized carbons (Fsp3) is 0.321. The van der Waals surface area contributed by atoms with Gasteiger partial charge in [0.1, 0.15) is 23.4 Å². The topological polar surface area (TPSA) is 104 Å². The number of aromatic hydroxyl groups is 1. The zero-order valence-corrected chi connectivity index (χ0v) is 21.1. The molecule has 1 heterocycles. The van der Waals surface area contributed by atoms with E-state index in [9.17, 15) is 19.1 Å². The summed E-state index contributed by atoms with van der Waals surface area (Å²) in [4.78, 5) is 29.6. The number of benzene rings is 2. The summed E-state index contributed by atoms with van der Waals surface area (Å²) in [7, 11) is 1.36. The number of Topliss-reactive ketones (excluding diaryl/α,β-unsaturated/α-hetero) is 1. The summed E-state index contributed by atoms with van der Waals surface area (Å²) in [6.07, 6.45) is -0.579. The molecule has 0 aliphatic rings. The van der Waals surface area contributed by atoms with Crippen LogP contribution < -0.4 is 14.2 Å². The lowest BCUT2D eigenvalue weighted by Crippen LogP contribution is -2.30. The third-order valence-corrected chi connectivity index (χ3v) is 5.58. The highest BCUT2D eigenvalue weighted by Crippen LogP contribution is 2.34. The summed E-state index contributed by atoms with van der Waals surface area (Å²) in [6, 6.07) is 14.4. The highest BCUT2D eigenvalue weighted by atomic mass is 19.1. The molecular formula is C28H30FNO7. The Labute approximate surface area is 215 Å². The van der Waals surface area contributed by atoms with E-state index in [1.165, 1.54) is 37.6 Å². The van der Waals surface area contributed by atoms with E-state index in [4.69, 9.17) is 18.9 Å². The number of rotatable bonds is 12. The van der Waals surface area contributed by atoms with E-state index < -0.39 is 35.7 Å². The van der Waals surface area contributed by atoms with Crippen LogP contribution in [0.15, 0.2) is 60.8 Å². The molecule has 0 unspecified atom stereocenters. The summed E-state index contributed by atoms with van der Waals surface area (Å²) in [5, 5.41) is 10.2. The standard InChI is InChI=1S/C28H30FNO7/c1-5-35-24-16-19(29)11-12-21(24)27(37-20-9-7-6-8-10-20)18(3)36-28(33)17(2)15-22(31)25-26(32)23(34-4)13-14-30-25/h6-14,16-18,27,32H,5,15H2,1-4H3/t17-,18+,27+/m1/s1. The molecule has 3 atom stereocenters. The van der Waals surface area contributed by atoms with Crippen molar-refractivity contribution in [2.45, 2.75) is 39.4 Å². The number of para-hydroxylation sites is 1. The van der Waals surface area contributed by atoms with Crippen LogP contribution >= 0.6 is 0 Å². The summed E-state index contributed by atoms with van der Waals surface area (Å²) in [6.45, 7) is 5.27. The van der Waals surface area contributed by atoms with E-state index >= 15 is 0 Å². The summed E-state index contributed by atoms with van der Waals surface area (Å²) in [5.74, 6) is -2.00. The predicted octanol–water partition coefficient (Wildman–Crippen LogP) is 5.29. The van der Waals surface area contributed by atoms with Crippen LogP contribution in [0, 0.1) is 11.7 Å². The van der Waals surface area contributed by atoms with Gasteiger partial charge in [0.05, 0.1) is 19.6 Å². The van der Waals surface area contributed by atoms with E-state index in [2.05, 4.69) is 4.98 Å². The lowest BCUT2D eigenvalue weighted by Gasteiger charge is -2.28. The average Bonchev–Trinajstić information content (AvgIpc) is 2.88. The lowest BCUT2D eigenvalue weighted by atomic mass is 10.0. The second-order valence-electron chi connectivity index (χ2n) is 8.35. The molecule has 0 spiro atoms. The Hall–Kier alpha value is -4.14. The van der Waals surface area contributed by atoms with E-state index in [0.717, 1.165) is 0 Å². The van der Waals surface area contributed by atoms with Gasteiger partial charge >= 0.3 is 5.97 Å². The first-order valence-electron chi connectivity index (χ1n) is 11.8. The lowest BCUT2D eigenvalue weighted by molar-refractivity contribution is -0.157. The third-order valence-electron chi connectivity index (χ3n) is 5.58. The van der Waals surface area contributed by atoms with Gasteiger partial charge < -0.3 is 24.1 Å². The molecule has 0 fully saturated rings. The first-order chi connectivity index (χ1) is 17.7. The Balaban J connectivity index is 1.79. The van der Waals surface area contributed by atoms with Gasteiger partial charge in [-0.05, 0) is 38.1 Å². The number of nitrogens with zero attached hydrogens (tertiary/aromatic N) is 1. The van der Waals surface area contributed by atoms with Crippen molar-refractivity contribution in [1.29, 1.82) is 0 Å². The molecule has 8 nitrogen and oxygen atoms in total. The molecular weight excluding hydrogens is 481 g/mol. The van der Waals surface area contributed by atoms with E-state index in [0.29, 0.717) is 17.9 Å². The number of methoxy groups -OCH3 is 1. The molecule has 0 radical (unpaired) electrons. The molecule has 37 heavy (non-hydrogen) atoms. The van der Waals surface area contributed by atoms with Crippen molar-refractivity contribution in [2.24, 2.45) is 5.92 Å². The monoisotopic (exact) mass is 511 g/mol. The quantitative estimate of drug-likeness (QED) is 0.258. The van der Waals surface area contributed by atoms with Crippen molar-refractivity contribution in [3.8, 4) is 23.0 Å². The molecule has 1 aromatic heterocycles. The van der Waals surface area contributed by atoms with Crippen LogP contribution in [0.3, 0.4) is 0 Å². The van der Waals surface area contributed by atoms with Gasteiger partial charge in [0.25, 0.3) is 0 Å². The minimum Gasteiger partial charge on any atom is -0.503 e. The Bertz CT molecular complexity index is 1220. The van der Waals surface area contributed by atoms with E-state index in [1.807, 2.05) is 6.07 Å². The molecule has 3 rings (SSSR count). The molecule has 0 aliphatic carbocycles. The molecule has 2 aromatic carbocycles. The number of carbonyl (C=O) groups is 2. The zero-order chi connectivity index (χ0) is 26.9.